The van der Waals surface area contributed by atoms with Crippen molar-refractivity contribution in [2.24, 2.45) is 4.99 Å². The minimum atomic E-state index is 0.533. The van der Waals surface area contributed by atoms with Gasteiger partial charge in [-0.3, -0.25) is 0 Å². The molecule has 0 unspecified atom stereocenters. The van der Waals surface area contributed by atoms with E-state index in [1.54, 1.807) is 6.20 Å². The van der Waals surface area contributed by atoms with E-state index in [0.717, 1.165) is 37.6 Å². The third-order valence-electron chi connectivity index (χ3n) is 3.37. The van der Waals surface area contributed by atoms with Gasteiger partial charge in [-0.25, -0.2) is 9.98 Å². The molecular formula is C18H27N5O. The van der Waals surface area contributed by atoms with Crippen LogP contribution in [-0.2, 0) is 13.1 Å². The van der Waals surface area contributed by atoms with Gasteiger partial charge in [0.2, 0.25) is 5.88 Å². The molecule has 0 amide bonds. The predicted molar refractivity (Wildman–Crippen MR) is 97.3 cm³/mol. The monoisotopic (exact) mass is 329 g/mol. The third kappa shape index (κ3) is 5.95. The van der Waals surface area contributed by atoms with Crippen LogP contribution in [0.2, 0.25) is 0 Å². The van der Waals surface area contributed by atoms with E-state index in [1.807, 2.05) is 24.3 Å². The summed E-state index contributed by atoms with van der Waals surface area (Å²) >= 11 is 0. The molecule has 2 heterocycles. The number of nitrogens with zero attached hydrogens (tertiary/aromatic N) is 3. The Labute approximate surface area is 144 Å². The molecule has 0 saturated carbocycles. The number of aliphatic imine (C=N–C) groups is 1. The maximum Gasteiger partial charge on any atom is 0.218 e. The average Bonchev–Trinajstić information content (AvgIpc) is 3.12. The normalized spacial score (nSPS) is 11.3. The van der Waals surface area contributed by atoms with Crippen LogP contribution in [0, 0.1) is 0 Å². The fourth-order valence-electron chi connectivity index (χ4n) is 2.20. The Balaban J connectivity index is 1.92. The molecule has 0 aliphatic carbocycles. The Morgan fingerprint density at radius 1 is 1.21 bits per heavy atom. The van der Waals surface area contributed by atoms with E-state index in [9.17, 15) is 0 Å². The highest BCUT2D eigenvalue weighted by Gasteiger charge is 2.04. The SMILES string of the molecule is CCCOc1ncccc1CN=C(NCC)NCCn1cccc1. The van der Waals surface area contributed by atoms with Crippen LogP contribution in [0.3, 0.4) is 0 Å². The van der Waals surface area contributed by atoms with Crippen molar-refractivity contribution in [1.29, 1.82) is 0 Å². The summed E-state index contributed by atoms with van der Waals surface area (Å²) in [5.41, 5.74) is 0.994. The summed E-state index contributed by atoms with van der Waals surface area (Å²) < 4.78 is 7.82. The van der Waals surface area contributed by atoms with Crippen LogP contribution < -0.4 is 15.4 Å². The largest absolute Gasteiger partial charge is 0.477 e. The van der Waals surface area contributed by atoms with Gasteiger partial charge in [-0.2, -0.15) is 0 Å². The molecule has 6 heteroatoms. The van der Waals surface area contributed by atoms with Crippen LogP contribution in [0.5, 0.6) is 5.88 Å². The number of ether oxygens (including phenoxy) is 1. The molecule has 2 rings (SSSR count). The first-order valence-electron chi connectivity index (χ1n) is 8.53. The summed E-state index contributed by atoms with van der Waals surface area (Å²) in [4.78, 5) is 8.94. The maximum atomic E-state index is 5.68. The van der Waals surface area contributed by atoms with Crippen LogP contribution in [0.4, 0.5) is 0 Å². The molecule has 2 N–H and O–H groups in total. The number of hydrogen-bond acceptors (Lipinski definition) is 3. The zero-order chi connectivity index (χ0) is 17.0. The van der Waals surface area contributed by atoms with E-state index >= 15 is 0 Å². The smallest absolute Gasteiger partial charge is 0.218 e. The lowest BCUT2D eigenvalue weighted by Crippen LogP contribution is -2.38. The van der Waals surface area contributed by atoms with Crippen molar-refractivity contribution < 1.29 is 4.74 Å². The van der Waals surface area contributed by atoms with E-state index in [2.05, 4.69) is 51.4 Å². The van der Waals surface area contributed by atoms with Crippen molar-refractivity contribution in [2.45, 2.75) is 33.4 Å². The summed E-state index contributed by atoms with van der Waals surface area (Å²) in [6.45, 7) is 7.87. The molecule has 0 bridgehead atoms. The zero-order valence-corrected chi connectivity index (χ0v) is 14.5. The molecule has 2 aromatic heterocycles. The van der Waals surface area contributed by atoms with Crippen LogP contribution >= 0.6 is 0 Å². The highest BCUT2D eigenvalue weighted by molar-refractivity contribution is 5.79. The van der Waals surface area contributed by atoms with Crippen LogP contribution in [-0.4, -0.2) is 35.2 Å². The van der Waals surface area contributed by atoms with Crippen molar-refractivity contribution in [1.82, 2.24) is 20.2 Å². The first kappa shape index (κ1) is 17.8. The molecule has 0 aliphatic rings. The van der Waals surface area contributed by atoms with Crippen LogP contribution in [0.1, 0.15) is 25.8 Å². The highest BCUT2D eigenvalue weighted by atomic mass is 16.5. The average molecular weight is 329 g/mol. The fraction of sp³-hybridized carbons (Fsp3) is 0.444. The molecule has 2 aromatic rings. The van der Waals surface area contributed by atoms with Crippen molar-refractivity contribution in [3.8, 4) is 5.88 Å². The summed E-state index contributed by atoms with van der Waals surface area (Å²) in [6.07, 6.45) is 6.82. The molecule has 0 fully saturated rings. The molecule has 0 spiro atoms. The second-order valence-corrected chi connectivity index (χ2v) is 5.36. The summed E-state index contributed by atoms with van der Waals surface area (Å²) in [5.74, 6) is 1.47. The van der Waals surface area contributed by atoms with Gasteiger partial charge in [0.1, 0.15) is 0 Å². The Kier molecular flexibility index (Phi) is 7.67. The third-order valence-corrected chi connectivity index (χ3v) is 3.37. The van der Waals surface area contributed by atoms with Gasteiger partial charge in [0.25, 0.3) is 0 Å². The van der Waals surface area contributed by atoms with Crippen LogP contribution in [0.15, 0.2) is 47.8 Å². The number of nitrogens with one attached hydrogen (secondary N) is 2. The van der Waals surface area contributed by atoms with Gasteiger partial charge < -0.3 is 19.9 Å². The second-order valence-electron chi connectivity index (χ2n) is 5.36. The summed E-state index contributed by atoms with van der Waals surface area (Å²) in [7, 11) is 0. The Hall–Kier alpha value is -2.50. The topological polar surface area (TPSA) is 63.5 Å². The number of aromatic nitrogens is 2. The molecule has 130 valence electrons. The van der Waals surface area contributed by atoms with Crippen molar-refractivity contribution >= 4 is 5.96 Å². The lowest BCUT2D eigenvalue weighted by atomic mass is 10.3. The summed E-state index contributed by atoms with van der Waals surface area (Å²) in [6, 6.07) is 7.97. The van der Waals surface area contributed by atoms with E-state index in [0.29, 0.717) is 19.0 Å². The standard InChI is InChI=1S/C18H27N5O/c1-3-14-24-17-16(8-7-9-20-17)15-22-18(19-4-2)21-10-13-23-11-5-6-12-23/h5-9,11-12H,3-4,10,13-15H2,1-2H3,(H2,19,21,22). The number of hydrogen-bond donors (Lipinski definition) is 2. The zero-order valence-electron chi connectivity index (χ0n) is 14.5. The van der Waals surface area contributed by atoms with E-state index in [1.165, 1.54) is 0 Å². The Morgan fingerprint density at radius 2 is 2.04 bits per heavy atom. The minimum Gasteiger partial charge on any atom is -0.477 e. The van der Waals surface area contributed by atoms with E-state index < -0.39 is 0 Å². The van der Waals surface area contributed by atoms with Crippen molar-refractivity contribution in [2.75, 3.05) is 19.7 Å². The molecule has 0 saturated heterocycles. The van der Waals surface area contributed by atoms with Crippen molar-refractivity contribution in [3.63, 3.8) is 0 Å². The van der Waals surface area contributed by atoms with Gasteiger partial charge in [0.05, 0.1) is 13.2 Å². The van der Waals surface area contributed by atoms with Crippen molar-refractivity contribution in [3.05, 3.63) is 48.4 Å². The Bertz CT molecular complexity index is 610. The molecule has 0 aliphatic heterocycles. The molecule has 0 atom stereocenters. The lowest BCUT2D eigenvalue weighted by Gasteiger charge is -2.12. The Morgan fingerprint density at radius 3 is 2.79 bits per heavy atom. The highest BCUT2D eigenvalue weighted by Crippen LogP contribution is 2.15. The van der Waals surface area contributed by atoms with Gasteiger partial charge in [-0.05, 0) is 31.5 Å². The van der Waals surface area contributed by atoms with E-state index in [4.69, 9.17) is 4.74 Å². The lowest BCUT2D eigenvalue weighted by molar-refractivity contribution is 0.302. The molecule has 6 nitrogen and oxygen atoms in total. The maximum absolute atomic E-state index is 5.68. The van der Waals surface area contributed by atoms with Crippen LogP contribution in [0.25, 0.3) is 0 Å². The van der Waals surface area contributed by atoms with Gasteiger partial charge in [-0.15, -0.1) is 0 Å². The number of pyridine rings is 1. The first-order valence-corrected chi connectivity index (χ1v) is 8.53. The molecule has 0 aromatic carbocycles. The predicted octanol–water partition coefficient (Wildman–Crippen LogP) is 2.43. The van der Waals surface area contributed by atoms with E-state index in [-0.39, 0.29) is 0 Å². The summed E-state index contributed by atoms with van der Waals surface area (Å²) in [5, 5.41) is 6.61. The number of guanidine groups is 1. The number of rotatable bonds is 9. The minimum absolute atomic E-state index is 0.533. The quantitative estimate of drug-likeness (QED) is 0.548. The molecule has 0 radical (unpaired) electrons. The molecule has 24 heavy (non-hydrogen) atoms. The van der Waals surface area contributed by atoms with Gasteiger partial charge in [-0.1, -0.05) is 13.0 Å². The first-order chi connectivity index (χ1) is 11.8. The van der Waals surface area contributed by atoms with Gasteiger partial charge >= 0.3 is 0 Å². The second kappa shape index (κ2) is 10.3. The van der Waals surface area contributed by atoms with Gasteiger partial charge in [0, 0.05) is 43.8 Å². The molecular weight excluding hydrogens is 302 g/mol. The fourth-order valence-corrected chi connectivity index (χ4v) is 2.20. The van der Waals surface area contributed by atoms with Gasteiger partial charge in [0.15, 0.2) is 5.96 Å².